The number of aromatic nitrogens is 3. The number of rotatable bonds is 5. The molecule has 0 radical (unpaired) electrons. The van der Waals surface area contributed by atoms with Gasteiger partial charge < -0.3 is 14.1 Å². The van der Waals surface area contributed by atoms with Crippen LogP contribution in [0.5, 0.6) is 0 Å². The van der Waals surface area contributed by atoms with Gasteiger partial charge in [0.15, 0.2) is 5.76 Å². The lowest BCUT2D eigenvalue weighted by Crippen LogP contribution is -2.20. The average Bonchev–Trinajstić information content (AvgIpc) is 3.55. The van der Waals surface area contributed by atoms with Gasteiger partial charge in [-0.2, -0.15) is 9.78 Å². The van der Waals surface area contributed by atoms with E-state index in [1.807, 2.05) is 59.3 Å². The summed E-state index contributed by atoms with van der Waals surface area (Å²) < 4.78 is 9.09. The summed E-state index contributed by atoms with van der Waals surface area (Å²) in [5.41, 5.74) is 2.55. The molecule has 8 heteroatoms. The van der Waals surface area contributed by atoms with Crippen molar-refractivity contribution in [2.75, 3.05) is 0 Å². The minimum atomic E-state index is -0.989. The van der Waals surface area contributed by atoms with Gasteiger partial charge in [-0.3, -0.25) is 4.79 Å². The van der Waals surface area contributed by atoms with Crippen LogP contribution in [0.15, 0.2) is 112 Å². The van der Waals surface area contributed by atoms with Gasteiger partial charge in [0, 0.05) is 17.3 Å². The first-order valence-electron chi connectivity index (χ1n) is 11.1. The molecule has 0 amide bonds. The lowest BCUT2D eigenvalue weighted by Gasteiger charge is -2.09. The molecule has 0 aliphatic carbocycles. The van der Waals surface area contributed by atoms with Crippen LogP contribution in [0.3, 0.4) is 0 Å². The third-order valence-electron chi connectivity index (χ3n) is 5.88. The summed E-state index contributed by atoms with van der Waals surface area (Å²) in [6, 6.07) is 26.7. The molecule has 3 heterocycles. The largest absolute Gasteiger partial charge is 0.478 e. The molecule has 0 saturated carbocycles. The van der Waals surface area contributed by atoms with Crippen molar-refractivity contribution in [2.45, 2.75) is 0 Å². The van der Waals surface area contributed by atoms with Crippen molar-refractivity contribution >= 4 is 34.1 Å². The molecule has 0 fully saturated rings. The van der Waals surface area contributed by atoms with Gasteiger partial charge in [0.2, 0.25) is 5.82 Å². The van der Waals surface area contributed by atoms with Crippen LogP contribution in [0.4, 0.5) is 0 Å². The number of hydrogen-bond donors (Lipinski definition) is 1. The number of fused-ring (bicyclic) bond motifs is 2. The van der Waals surface area contributed by atoms with E-state index in [0.717, 1.165) is 11.1 Å². The van der Waals surface area contributed by atoms with Gasteiger partial charge in [-0.1, -0.05) is 30.3 Å². The first-order chi connectivity index (χ1) is 17.6. The minimum absolute atomic E-state index is 0.199. The van der Waals surface area contributed by atoms with Gasteiger partial charge in [0.1, 0.15) is 5.58 Å². The zero-order valence-corrected chi connectivity index (χ0v) is 18.8. The third kappa shape index (κ3) is 3.67. The summed E-state index contributed by atoms with van der Waals surface area (Å²) in [5.74, 6) is -0.275. The molecule has 0 spiro atoms. The van der Waals surface area contributed by atoms with E-state index < -0.39 is 5.97 Å². The molecule has 36 heavy (non-hydrogen) atoms. The van der Waals surface area contributed by atoms with Crippen LogP contribution in [0.25, 0.3) is 39.1 Å². The van der Waals surface area contributed by atoms with Gasteiger partial charge >= 0.3 is 5.97 Å². The van der Waals surface area contributed by atoms with Crippen LogP contribution in [0, 0.1) is 0 Å². The van der Waals surface area contributed by atoms with Gasteiger partial charge in [-0.05, 0) is 60.7 Å². The van der Waals surface area contributed by atoms with E-state index in [2.05, 4.69) is 5.10 Å². The maximum Gasteiger partial charge on any atom is 0.335 e. The molecule has 3 aromatic carbocycles. The summed E-state index contributed by atoms with van der Waals surface area (Å²) in [4.78, 5) is 29.3. The Morgan fingerprint density at radius 2 is 1.72 bits per heavy atom. The fourth-order valence-corrected chi connectivity index (χ4v) is 4.10. The standard InChI is InChI=1S/C28H18N4O4/c33-27-22-8-2-3-9-23(22)30-26(25-16-19-6-1-4-10-24(19)36-25)32(27)29-17-21-7-5-15-31(21)20-13-11-18(12-14-20)28(34)35/h1-17H,(H,34,35). The molecule has 0 unspecified atom stereocenters. The lowest BCUT2D eigenvalue weighted by molar-refractivity contribution is 0.0697. The monoisotopic (exact) mass is 474 g/mol. The number of furan rings is 1. The maximum absolute atomic E-state index is 13.5. The topological polar surface area (TPSA) is 103 Å². The zero-order chi connectivity index (χ0) is 24.6. The Bertz CT molecular complexity index is 1810. The summed E-state index contributed by atoms with van der Waals surface area (Å²) in [6.07, 6.45) is 3.40. The minimum Gasteiger partial charge on any atom is -0.478 e. The Kier molecular flexibility index (Phi) is 5.04. The van der Waals surface area contributed by atoms with Gasteiger partial charge in [-0.25, -0.2) is 9.78 Å². The van der Waals surface area contributed by atoms with Crippen LogP contribution < -0.4 is 5.56 Å². The average molecular weight is 474 g/mol. The summed E-state index contributed by atoms with van der Waals surface area (Å²) in [7, 11) is 0. The SMILES string of the molecule is O=C(O)c1ccc(-n2cccc2C=Nn2c(-c3cc4ccccc4o3)nc3ccccc3c2=O)cc1. The van der Waals surface area contributed by atoms with Crippen LogP contribution >= 0.6 is 0 Å². The molecular formula is C28H18N4O4. The highest BCUT2D eigenvalue weighted by molar-refractivity contribution is 5.88. The highest BCUT2D eigenvalue weighted by Gasteiger charge is 2.16. The molecule has 0 bridgehead atoms. The van der Waals surface area contributed by atoms with Crippen LogP contribution in [-0.2, 0) is 0 Å². The lowest BCUT2D eigenvalue weighted by atomic mass is 10.2. The van der Waals surface area contributed by atoms with Gasteiger partial charge in [0.05, 0.1) is 28.4 Å². The van der Waals surface area contributed by atoms with E-state index in [1.165, 1.54) is 16.8 Å². The third-order valence-corrected chi connectivity index (χ3v) is 5.88. The Morgan fingerprint density at radius 1 is 0.944 bits per heavy atom. The van der Waals surface area contributed by atoms with E-state index in [9.17, 15) is 9.59 Å². The fraction of sp³-hybridized carbons (Fsp3) is 0. The smallest absolute Gasteiger partial charge is 0.335 e. The molecule has 0 aliphatic rings. The second-order valence-corrected chi connectivity index (χ2v) is 8.12. The van der Waals surface area contributed by atoms with E-state index in [1.54, 1.807) is 36.5 Å². The van der Waals surface area contributed by atoms with Crippen molar-refractivity contribution in [3.05, 3.63) is 119 Å². The predicted molar refractivity (Wildman–Crippen MR) is 137 cm³/mol. The molecule has 8 nitrogen and oxygen atoms in total. The first-order valence-corrected chi connectivity index (χ1v) is 11.1. The number of carbonyl (C=O) groups is 1. The molecule has 6 aromatic rings. The Balaban J connectivity index is 1.48. The van der Waals surface area contributed by atoms with E-state index >= 15 is 0 Å². The molecule has 0 saturated heterocycles. The number of benzene rings is 3. The highest BCUT2D eigenvalue weighted by atomic mass is 16.4. The Hall–Kier alpha value is -5.24. The molecular weight excluding hydrogens is 456 g/mol. The molecule has 174 valence electrons. The zero-order valence-electron chi connectivity index (χ0n) is 18.8. The van der Waals surface area contributed by atoms with Crippen molar-refractivity contribution in [2.24, 2.45) is 5.10 Å². The van der Waals surface area contributed by atoms with E-state index in [0.29, 0.717) is 27.9 Å². The van der Waals surface area contributed by atoms with Crippen LogP contribution in [0.1, 0.15) is 16.1 Å². The fourth-order valence-electron chi connectivity index (χ4n) is 4.10. The number of carboxylic acid groups (broad SMARTS) is 1. The van der Waals surface area contributed by atoms with Crippen molar-refractivity contribution < 1.29 is 14.3 Å². The Morgan fingerprint density at radius 3 is 2.53 bits per heavy atom. The molecule has 0 aliphatic heterocycles. The summed E-state index contributed by atoms with van der Waals surface area (Å²) >= 11 is 0. The predicted octanol–water partition coefficient (Wildman–Crippen LogP) is 5.18. The summed E-state index contributed by atoms with van der Waals surface area (Å²) in [6.45, 7) is 0. The summed E-state index contributed by atoms with van der Waals surface area (Å²) in [5, 5.41) is 15.0. The highest BCUT2D eigenvalue weighted by Crippen LogP contribution is 2.27. The van der Waals surface area contributed by atoms with Crippen LogP contribution in [0.2, 0.25) is 0 Å². The maximum atomic E-state index is 13.5. The van der Waals surface area contributed by atoms with E-state index in [-0.39, 0.29) is 16.9 Å². The quantitative estimate of drug-likeness (QED) is 0.347. The number of carboxylic acids is 1. The molecule has 1 N–H and O–H groups in total. The van der Waals surface area contributed by atoms with Crippen molar-refractivity contribution in [3.63, 3.8) is 0 Å². The van der Waals surface area contributed by atoms with Crippen molar-refractivity contribution in [1.29, 1.82) is 0 Å². The van der Waals surface area contributed by atoms with E-state index in [4.69, 9.17) is 14.5 Å². The van der Waals surface area contributed by atoms with Crippen molar-refractivity contribution in [3.8, 4) is 17.3 Å². The van der Waals surface area contributed by atoms with Gasteiger partial charge in [-0.15, -0.1) is 0 Å². The van der Waals surface area contributed by atoms with Crippen LogP contribution in [-0.4, -0.2) is 31.5 Å². The van der Waals surface area contributed by atoms with Gasteiger partial charge in [0.25, 0.3) is 5.56 Å². The first kappa shape index (κ1) is 21.3. The second-order valence-electron chi connectivity index (χ2n) is 8.12. The normalized spacial score (nSPS) is 11.6. The second kappa shape index (κ2) is 8.52. The number of aromatic carboxylic acids is 1. The molecule has 3 aromatic heterocycles. The number of nitrogens with zero attached hydrogens (tertiary/aromatic N) is 4. The Labute approximate surface area is 204 Å². The number of para-hydroxylation sites is 2. The molecule has 6 rings (SSSR count). The number of hydrogen-bond acceptors (Lipinski definition) is 5. The molecule has 0 atom stereocenters. The van der Waals surface area contributed by atoms with Crippen molar-refractivity contribution in [1.82, 2.24) is 14.2 Å².